The average Bonchev–Trinajstić information content (AvgIpc) is 3.28. The van der Waals surface area contributed by atoms with Gasteiger partial charge in [0.15, 0.2) is 5.82 Å². The van der Waals surface area contributed by atoms with Crippen molar-refractivity contribution in [3.05, 3.63) is 194 Å². The molecule has 10 aromatic rings. The predicted molar refractivity (Wildman–Crippen MR) is 227 cm³/mol. The van der Waals surface area contributed by atoms with Gasteiger partial charge in [-0.1, -0.05) is 164 Å². The van der Waals surface area contributed by atoms with E-state index in [9.17, 15) is 5.26 Å². The monoisotopic (exact) mass is 713 g/mol. The van der Waals surface area contributed by atoms with Gasteiger partial charge in [-0.15, -0.1) is 0 Å². The lowest BCUT2D eigenvalue weighted by Crippen LogP contribution is -1.98. The van der Waals surface area contributed by atoms with Crippen LogP contribution in [0.15, 0.2) is 188 Å². The Morgan fingerprint density at radius 3 is 1.32 bits per heavy atom. The molecule has 0 saturated carbocycles. The van der Waals surface area contributed by atoms with E-state index in [2.05, 4.69) is 103 Å². The molecular weight excluding hydrogens is 683 g/mol. The number of para-hydroxylation sites is 2. The third-order valence-electron chi connectivity index (χ3n) is 10.4. The minimum absolute atomic E-state index is 0.632. The molecule has 56 heavy (non-hydrogen) atoms. The van der Waals surface area contributed by atoms with E-state index in [4.69, 9.17) is 19.9 Å². The summed E-state index contributed by atoms with van der Waals surface area (Å²) in [5, 5.41) is 13.9. The number of nitrogens with zero attached hydrogens (tertiary/aromatic N) is 5. The van der Waals surface area contributed by atoms with E-state index in [1.807, 2.05) is 91.0 Å². The summed E-state index contributed by atoms with van der Waals surface area (Å²) in [5.74, 6) is 0.676. The van der Waals surface area contributed by atoms with Crippen molar-refractivity contribution >= 4 is 32.6 Å². The molecule has 5 nitrogen and oxygen atoms in total. The highest BCUT2D eigenvalue weighted by Gasteiger charge is 2.20. The molecule has 0 aliphatic rings. The number of benzene rings is 8. The SMILES string of the molecule is N#Cc1ccc(-c2nc3ccccc3nc2-c2ccc(-c3ccc(-c4nc(-c5ccccc5)cc(-c5ccccc5)n4)cc3)c3ccccc23)c2ccccc12. The summed E-state index contributed by atoms with van der Waals surface area (Å²) < 4.78 is 0. The smallest absolute Gasteiger partial charge is 0.160 e. The lowest BCUT2D eigenvalue weighted by Gasteiger charge is -2.16. The van der Waals surface area contributed by atoms with Crippen LogP contribution in [0.3, 0.4) is 0 Å². The summed E-state index contributed by atoms with van der Waals surface area (Å²) in [5.41, 5.74) is 12.7. The first-order chi connectivity index (χ1) is 27.7. The molecule has 0 amide bonds. The largest absolute Gasteiger partial charge is 0.244 e. The molecule has 8 aromatic carbocycles. The van der Waals surface area contributed by atoms with Crippen LogP contribution < -0.4 is 0 Å². The van der Waals surface area contributed by atoms with Crippen LogP contribution in [0.2, 0.25) is 0 Å². The summed E-state index contributed by atoms with van der Waals surface area (Å²) in [7, 11) is 0. The average molecular weight is 714 g/mol. The fraction of sp³-hybridized carbons (Fsp3) is 0. The third-order valence-corrected chi connectivity index (χ3v) is 10.4. The zero-order valence-corrected chi connectivity index (χ0v) is 30.1. The molecule has 0 saturated heterocycles. The van der Waals surface area contributed by atoms with E-state index in [0.29, 0.717) is 11.4 Å². The summed E-state index contributed by atoms with van der Waals surface area (Å²) in [6, 6.07) is 66.2. The van der Waals surface area contributed by atoms with Crippen molar-refractivity contribution in [2.45, 2.75) is 0 Å². The summed E-state index contributed by atoms with van der Waals surface area (Å²) in [6.45, 7) is 0. The van der Waals surface area contributed by atoms with Gasteiger partial charge in [-0.25, -0.2) is 19.9 Å². The van der Waals surface area contributed by atoms with Gasteiger partial charge in [0.2, 0.25) is 0 Å². The van der Waals surface area contributed by atoms with Gasteiger partial charge < -0.3 is 0 Å². The molecule has 0 unspecified atom stereocenters. The second kappa shape index (κ2) is 13.9. The number of hydrogen-bond donors (Lipinski definition) is 0. The zero-order valence-electron chi connectivity index (χ0n) is 30.1. The number of hydrogen-bond acceptors (Lipinski definition) is 5. The zero-order chi connectivity index (χ0) is 37.4. The van der Waals surface area contributed by atoms with Crippen LogP contribution in [0.4, 0.5) is 0 Å². The first-order valence-electron chi connectivity index (χ1n) is 18.5. The number of aromatic nitrogens is 4. The van der Waals surface area contributed by atoms with Crippen molar-refractivity contribution in [2.75, 3.05) is 0 Å². The van der Waals surface area contributed by atoms with Gasteiger partial charge in [0, 0.05) is 33.2 Å². The Labute approximate surface area is 323 Å². The van der Waals surface area contributed by atoms with Gasteiger partial charge in [-0.3, -0.25) is 0 Å². The molecule has 260 valence electrons. The molecular formula is C51H31N5. The lowest BCUT2D eigenvalue weighted by molar-refractivity contribution is 1.18. The molecule has 0 fully saturated rings. The minimum atomic E-state index is 0.632. The first-order valence-corrected chi connectivity index (χ1v) is 18.5. The minimum Gasteiger partial charge on any atom is -0.244 e. The highest BCUT2D eigenvalue weighted by molar-refractivity contribution is 6.09. The summed E-state index contributed by atoms with van der Waals surface area (Å²) >= 11 is 0. The Morgan fingerprint density at radius 1 is 0.339 bits per heavy atom. The first kappa shape index (κ1) is 32.8. The second-order valence-electron chi connectivity index (χ2n) is 13.7. The van der Waals surface area contributed by atoms with Gasteiger partial charge in [0.25, 0.3) is 0 Å². The molecule has 5 heteroatoms. The quantitative estimate of drug-likeness (QED) is 0.171. The molecule has 10 rings (SSSR count). The van der Waals surface area contributed by atoms with Crippen molar-refractivity contribution in [3.63, 3.8) is 0 Å². The van der Waals surface area contributed by atoms with Gasteiger partial charge in [0.1, 0.15) is 0 Å². The van der Waals surface area contributed by atoms with Crippen molar-refractivity contribution in [1.29, 1.82) is 5.26 Å². The maximum atomic E-state index is 9.91. The number of rotatable bonds is 6. The van der Waals surface area contributed by atoms with Crippen LogP contribution in [-0.4, -0.2) is 19.9 Å². The van der Waals surface area contributed by atoms with Gasteiger partial charge in [-0.05, 0) is 51.6 Å². The Morgan fingerprint density at radius 2 is 0.768 bits per heavy atom. The topological polar surface area (TPSA) is 75.3 Å². The number of nitriles is 1. The fourth-order valence-corrected chi connectivity index (χ4v) is 7.62. The second-order valence-corrected chi connectivity index (χ2v) is 13.7. The Balaban J connectivity index is 1.10. The molecule has 2 heterocycles. The molecule has 0 N–H and O–H groups in total. The normalized spacial score (nSPS) is 11.2. The van der Waals surface area contributed by atoms with Crippen LogP contribution in [0.5, 0.6) is 0 Å². The lowest BCUT2D eigenvalue weighted by atomic mass is 9.91. The standard InChI is InChI=1S/C51H31N5/c52-32-37-27-28-43(41-19-8-7-17-38(37)41)49-50(54-46-22-12-11-21-45(46)53-49)44-30-29-39(40-18-9-10-20-42(40)44)33-23-25-36(26-24-33)51-55-47(34-13-3-1-4-14-34)31-48(56-51)35-15-5-2-6-16-35/h1-31H. The fourth-order valence-electron chi connectivity index (χ4n) is 7.62. The highest BCUT2D eigenvalue weighted by Crippen LogP contribution is 2.41. The van der Waals surface area contributed by atoms with E-state index >= 15 is 0 Å². The van der Waals surface area contributed by atoms with Crippen molar-refractivity contribution in [3.8, 4) is 73.6 Å². The van der Waals surface area contributed by atoms with E-state index in [1.54, 1.807) is 0 Å². The van der Waals surface area contributed by atoms with E-state index in [-0.39, 0.29) is 0 Å². The van der Waals surface area contributed by atoms with E-state index in [0.717, 1.165) is 94.3 Å². The molecule has 0 aliphatic carbocycles. The Bertz CT molecular complexity index is 3070. The van der Waals surface area contributed by atoms with E-state index < -0.39 is 0 Å². The van der Waals surface area contributed by atoms with Crippen LogP contribution in [0.1, 0.15) is 5.56 Å². The third kappa shape index (κ3) is 5.83. The van der Waals surface area contributed by atoms with Gasteiger partial charge in [0.05, 0.1) is 45.4 Å². The molecule has 0 bridgehead atoms. The highest BCUT2D eigenvalue weighted by atomic mass is 14.9. The number of fused-ring (bicyclic) bond motifs is 3. The summed E-state index contributed by atoms with van der Waals surface area (Å²) in [4.78, 5) is 20.6. The van der Waals surface area contributed by atoms with Crippen molar-refractivity contribution < 1.29 is 0 Å². The van der Waals surface area contributed by atoms with Crippen molar-refractivity contribution in [2.24, 2.45) is 0 Å². The maximum Gasteiger partial charge on any atom is 0.160 e. The molecule has 0 spiro atoms. The van der Waals surface area contributed by atoms with E-state index in [1.165, 1.54) is 0 Å². The van der Waals surface area contributed by atoms with Gasteiger partial charge in [-0.2, -0.15) is 5.26 Å². The van der Waals surface area contributed by atoms with Crippen LogP contribution in [-0.2, 0) is 0 Å². The summed E-state index contributed by atoms with van der Waals surface area (Å²) in [6.07, 6.45) is 0. The maximum absolute atomic E-state index is 9.91. The molecule has 0 radical (unpaired) electrons. The van der Waals surface area contributed by atoms with Crippen molar-refractivity contribution in [1.82, 2.24) is 19.9 Å². The Hall–Kier alpha value is -7.81. The Kier molecular flexibility index (Phi) is 8.13. The van der Waals surface area contributed by atoms with Crippen LogP contribution in [0, 0.1) is 11.3 Å². The van der Waals surface area contributed by atoms with Crippen LogP contribution in [0.25, 0.3) is 100 Å². The van der Waals surface area contributed by atoms with Gasteiger partial charge >= 0.3 is 0 Å². The van der Waals surface area contributed by atoms with Crippen LogP contribution >= 0.6 is 0 Å². The molecule has 2 aromatic heterocycles. The predicted octanol–water partition coefficient (Wildman–Crippen LogP) is 12.6. The molecule has 0 atom stereocenters. The molecule has 0 aliphatic heterocycles.